The first kappa shape index (κ1) is 28.3. The second-order valence-corrected chi connectivity index (χ2v) is 10.1. The van der Waals surface area contributed by atoms with E-state index < -0.39 is 9.85 Å². The molecule has 0 unspecified atom stereocenters. The van der Waals surface area contributed by atoms with E-state index in [9.17, 15) is 20.2 Å². The van der Waals surface area contributed by atoms with Gasteiger partial charge in [-0.25, -0.2) is 9.98 Å². The Labute approximate surface area is 237 Å². The highest BCUT2D eigenvalue weighted by atomic mass is 33.1. The lowest BCUT2D eigenvalue weighted by Crippen LogP contribution is -1.99. The van der Waals surface area contributed by atoms with Crippen LogP contribution in [0, 0.1) is 20.2 Å². The van der Waals surface area contributed by atoms with E-state index in [1.807, 2.05) is 48.5 Å². The van der Waals surface area contributed by atoms with E-state index in [1.54, 1.807) is 38.5 Å². The maximum atomic E-state index is 11.1. The number of ether oxygens (including phenoxy) is 2. The fourth-order valence-corrected chi connectivity index (χ4v) is 5.55. The van der Waals surface area contributed by atoms with Crippen molar-refractivity contribution in [3.05, 3.63) is 128 Å². The Morgan fingerprint density at radius 3 is 1.32 bits per heavy atom. The maximum Gasteiger partial charge on any atom is 0.269 e. The molecule has 10 nitrogen and oxygen atoms in total. The number of hydrogen-bond acceptors (Lipinski definition) is 10. The summed E-state index contributed by atoms with van der Waals surface area (Å²) in [5.41, 5.74) is 2.56. The molecule has 0 atom stereocenters. The normalized spacial score (nSPS) is 11.7. The van der Waals surface area contributed by atoms with Crippen molar-refractivity contribution in [2.75, 3.05) is 14.2 Å². The van der Waals surface area contributed by atoms with Gasteiger partial charge in [0, 0.05) is 35.4 Å². The van der Waals surface area contributed by atoms with Crippen LogP contribution in [-0.4, -0.2) is 34.2 Å². The van der Waals surface area contributed by atoms with Gasteiger partial charge in [0.05, 0.1) is 35.4 Å². The minimum absolute atomic E-state index is 0.0283. The molecule has 12 heteroatoms. The van der Waals surface area contributed by atoms with Crippen molar-refractivity contribution in [2.45, 2.75) is 0 Å². The van der Waals surface area contributed by atoms with Gasteiger partial charge in [0.1, 0.15) is 21.6 Å². The van der Waals surface area contributed by atoms with Gasteiger partial charge in [-0.3, -0.25) is 20.2 Å². The third kappa shape index (κ3) is 7.46. The van der Waals surface area contributed by atoms with E-state index in [0.29, 0.717) is 33.0 Å². The Morgan fingerprint density at radius 1 is 0.625 bits per heavy atom. The third-order valence-corrected chi connectivity index (χ3v) is 7.67. The number of rotatable bonds is 8. The van der Waals surface area contributed by atoms with Crippen molar-refractivity contribution in [3.8, 4) is 11.5 Å². The van der Waals surface area contributed by atoms with E-state index in [2.05, 4.69) is 0 Å². The second kappa shape index (κ2) is 13.4. The first-order valence-electron chi connectivity index (χ1n) is 11.7. The number of methoxy groups -OCH3 is 2. The molecule has 4 aromatic rings. The van der Waals surface area contributed by atoms with Gasteiger partial charge in [-0.05, 0) is 70.1 Å². The molecule has 0 aliphatic heterocycles. The quantitative estimate of drug-likeness (QED) is 0.0686. The third-order valence-electron chi connectivity index (χ3n) is 5.42. The largest absolute Gasteiger partial charge is 0.497 e. The van der Waals surface area contributed by atoms with Gasteiger partial charge in [0.2, 0.25) is 0 Å². The highest BCUT2D eigenvalue weighted by Crippen LogP contribution is 2.36. The molecule has 0 N–H and O–H groups in total. The topological polar surface area (TPSA) is 129 Å². The fraction of sp³-hybridized carbons (Fsp3) is 0.0714. The van der Waals surface area contributed by atoms with Crippen LogP contribution in [0.25, 0.3) is 0 Å². The van der Waals surface area contributed by atoms with Crippen LogP contribution < -0.4 is 9.47 Å². The molecule has 0 aliphatic carbocycles. The number of nitro benzene ring substituents is 2. The highest BCUT2D eigenvalue weighted by Gasteiger charge is 2.14. The van der Waals surface area contributed by atoms with Gasteiger partial charge in [0.15, 0.2) is 0 Å². The molecular formula is C28H22N4O6S2. The van der Waals surface area contributed by atoms with Crippen molar-refractivity contribution >= 4 is 54.4 Å². The predicted molar refractivity (Wildman–Crippen MR) is 160 cm³/mol. The molecule has 0 amide bonds. The summed E-state index contributed by atoms with van der Waals surface area (Å²) in [7, 11) is 5.83. The van der Waals surface area contributed by atoms with Crippen molar-refractivity contribution < 1.29 is 19.3 Å². The molecule has 4 rings (SSSR count). The molecule has 0 saturated carbocycles. The maximum absolute atomic E-state index is 11.1. The Kier molecular flexibility index (Phi) is 9.49. The summed E-state index contributed by atoms with van der Waals surface area (Å²) in [6.07, 6.45) is 0. The van der Waals surface area contributed by atoms with Crippen LogP contribution in [0.1, 0.15) is 11.1 Å². The van der Waals surface area contributed by atoms with Crippen LogP contribution in [0.4, 0.5) is 22.7 Å². The van der Waals surface area contributed by atoms with E-state index in [1.165, 1.54) is 45.9 Å². The zero-order valence-corrected chi connectivity index (χ0v) is 22.9. The summed E-state index contributed by atoms with van der Waals surface area (Å²) >= 11 is 0. The van der Waals surface area contributed by atoms with Gasteiger partial charge in [-0.15, -0.1) is 0 Å². The van der Waals surface area contributed by atoms with Crippen molar-refractivity contribution in [1.29, 1.82) is 0 Å². The van der Waals surface area contributed by atoms with Gasteiger partial charge >= 0.3 is 0 Å². The molecule has 0 heterocycles. The summed E-state index contributed by atoms with van der Waals surface area (Å²) in [6, 6.07) is 26.7. The number of aliphatic imine (C=N–C) groups is 2. The molecule has 0 fully saturated rings. The lowest BCUT2D eigenvalue weighted by molar-refractivity contribution is -0.385. The molecule has 0 aromatic heterocycles. The predicted octanol–water partition coefficient (Wildman–Crippen LogP) is 7.76. The first-order valence-corrected chi connectivity index (χ1v) is 13.8. The number of non-ortho nitro benzene ring substituents is 2. The van der Waals surface area contributed by atoms with Gasteiger partial charge in [0.25, 0.3) is 11.4 Å². The molecule has 0 radical (unpaired) electrons. The highest BCUT2D eigenvalue weighted by molar-refractivity contribution is 8.87. The van der Waals surface area contributed by atoms with Crippen molar-refractivity contribution in [1.82, 2.24) is 0 Å². The number of hydrogen-bond donors (Lipinski definition) is 0. The fourth-order valence-electron chi connectivity index (χ4n) is 3.39. The lowest BCUT2D eigenvalue weighted by atomic mass is 10.2. The minimum Gasteiger partial charge on any atom is -0.497 e. The van der Waals surface area contributed by atoms with Crippen LogP contribution in [0.15, 0.2) is 107 Å². The molecule has 202 valence electrons. The van der Waals surface area contributed by atoms with Crippen molar-refractivity contribution in [2.24, 2.45) is 9.98 Å². The average Bonchev–Trinajstić information content (AvgIpc) is 2.99. The van der Waals surface area contributed by atoms with E-state index in [-0.39, 0.29) is 11.4 Å². The summed E-state index contributed by atoms with van der Waals surface area (Å²) in [6.45, 7) is 0. The van der Waals surface area contributed by atoms with Crippen LogP contribution in [0.5, 0.6) is 11.5 Å². The molecule has 0 saturated heterocycles. The number of nitro groups is 2. The van der Waals surface area contributed by atoms with Gasteiger partial charge in [-0.1, -0.05) is 24.3 Å². The molecule has 40 heavy (non-hydrogen) atoms. The Bertz CT molecular complexity index is 1460. The van der Waals surface area contributed by atoms with E-state index in [4.69, 9.17) is 19.5 Å². The zero-order chi connectivity index (χ0) is 28.5. The summed E-state index contributed by atoms with van der Waals surface area (Å²) < 4.78 is 10.8. The van der Waals surface area contributed by atoms with Gasteiger partial charge < -0.3 is 9.47 Å². The summed E-state index contributed by atoms with van der Waals surface area (Å²) in [4.78, 5) is 30.8. The smallest absolute Gasteiger partial charge is 0.269 e. The number of nitrogens with zero attached hydrogens (tertiary/aromatic N) is 4. The number of benzene rings is 4. The molecule has 0 aliphatic rings. The molecule has 0 bridgehead atoms. The van der Waals surface area contributed by atoms with Crippen LogP contribution in [0.3, 0.4) is 0 Å². The van der Waals surface area contributed by atoms with Crippen LogP contribution in [0.2, 0.25) is 0 Å². The molecule has 4 aromatic carbocycles. The van der Waals surface area contributed by atoms with Gasteiger partial charge in [-0.2, -0.15) is 0 Å². The van der Waals surface area contributed by atoms with E-state index >= 15 is 0 Å². The second-order valence-electron chi connectivity index (χ2n) is 8.01. The zero-order valence-electron chi connectivity index (χ0n) is 21.3. The van der Waals surface area contributed by atoms with Crippen LogP contribution in [-0.2, 0) is 0 Å². The SMILES string of the molecule is COc1cccc(C(=Nc2ccc([N+](=O)[O-])cc2)SSC(=Nc2ccc([N+](=O)[O-])cc2)c2cccc(OC)c2)c1. The first-order chi connectivity index (χ1) is 19.4. The molecular weight excluding hydrogens is 552 g/mol. The van der Waals surface area contributed by atoms with E-state index in [0.717, 1.165) is 11.1 Å². The Hall–Kier alpha value is -4.68. The summed E-state index contributed by atoms with van der Waals surface area (Å²) in [5, 5.41) is 23.4. The van der Waals surface area contributed by atoms with Crippen molar-refractivity contribution in [3.63, 3.8) is 0 Å². The lowest BCUT2D eigenvalue weighted by Gasteiger charge is -2.11. The molecule has 0 spiro atoms. The monoisotopic (exact) mass is 574 g/mol. The Morgan fingerprint density at radius 2 is 1.00 bits per heavy atom. The standard InChI is InChI=1S/C28H22N4O6S2/c1-37-25-7-3-5-19(17-25)27(29-21-9-13-23(14-10-21)31(33)34)39-40-28(20-6-4-8-26(18-20)38-2)30-22-11-15-24(16-12-22)32(35)36/h3-18H,1-2H3. The van der Waals surface area contributed by atoms with Crippen LogP contribution >= 0.6 is 21.6 Å². The average molecular weight is 575 g/mol. The summed E-state index contributed by atoms with van der Waals surface area (Å²) in [5.74, 6) is 1.29. The minimum atomic E-state index is -0.462. The Balaban J connectivity index is 1.73.